The number of carbonyl (C=O) groups excluding carboxylic acids is 2. The second kappa shape index (κ2) is 10.8. The number of thiazole rings is 1. The number of hydrogen-bond acceptors (Lipinski definition) is 8. The Labute approximate surface area is 200 Å². The van der Waals surface area contributed by atoms with E-state index in [9.17, 15) is 9.59 Å². The second-order valence-corrected chi connectivity index (χ2v) is 8.09. The summed E-state index contributed by atoms with van der Waals surface area (Å²) in [4.78, 5) is 29.0. The number of nitrogens with zero attached hydrogens (tertiary/aromatic N) is 2. The summed E-state index contributed by atoms with van der Waals surface area (Å²) in [6, 6.07) is 13.0. The molecule has 34 heavy (non-hydrogen) atoms. The topological polar surface area (TPSA) is 115 Å². The number of fused-ring (bicyclic) bond motifs is 1. The first-order chi connectivity index (χ1) is 16.6. The van der Waals surface area contributed by atoms with E-state index in [2.05, 4.69) is 20.5 Å². The number of aromatic amines is 1. The van der Waals surface area contributed by atoms with Crippen LogP contribution in [-0.2, 0) is 16.1 Å². The molecule has 0 saturated heterocycles. The number of para-hydroxylation sites is 1. The number of esters is 1. The fourth-order valence-corrected chi connectivity index (χ4v) is 4.11. The van der Waals surface area contributed by atoms with Crippen molar-refractivity contribution in [2.75, 3.05) is 20.3 Å². The van der Waals surface area contributed by atoms with Gasteiger partial charge in [-0.2, -0.15) is 5.10 Å². The highest BCUT2D eigenvalue weighted by molar-refractivity contribution is 7.13. The maximum atomic E-state index is 12.4. The number of aromatic nitrogens is 3. The minimum Gasteiger partial charge on any atom is -0.493 e. The van der Waals surface area contributed by atoms with Crippen molar-refractivity contribution in [2.24, 2.45) is 0 Å². The molecule has 0 spiro atoms. The third-order valence-electron chi connectivity index (χ3n) is 4.94. The number of hydrogen-bond donors (Lipinski definition) is 2. The molecule has 2 N–H and O–H groups in total. The number of benzene rings is 2. The quantitative estimate of drug-likeness (QED) is 0.330. The van der Waals surface area contributed by atoms with Gasteiger partial charge in [0, 0.05) is 22.9 Å². The molecule has 0 radical (unpaired) electrons. The highest BCUT2D eigenvalue weighted by Crippen LogP contribution is 2.33. The Bertz CT molecular complexity index is 1300. The number of methoxy groups -OCH3 is 1. The molecular weight excluding hydrogens is 456 g/mol. The summed E-state index contributed by atoms with van der Waals surface area (Å²) < 4.78 is 16.2. The molecule has 0 atom stereocenters. The molecule has 0 aliphatic heterocycles. The molecule has 0 aliphatic carbocycles. The van der Waals surface area contributed by atoms with Crippen LogP contribution in [0.25, 0.3) is 21.5 Å². The first kappa shape index (κ1) is 23.2. The molecule has 4 rings (SSSR count). The SMILES string of the molecule is CCOc1ccc(-c2nc(COC(=O)CCNC(=O)c3n[nH]c4ccccc34)cs2)cc1OC. The molecule has 9 nitrogen and oxygen atoms in total. The van der Waals surface area contributed by atoms with Gasteiger partial charge in [0.15, 0.2) is 17.2 Å². The van der Waals surface area contributed by atoms with Gasteiger partial charge in [0.25, 0.3) is 5.91 Å². The van der Waals surface area contributed by atoms with E-state index in [1.54, 1.807) is 7.11 Å². The van der Waals surface area contributed by atoms with Crippen LogP contribution in [0.3, 0.4) is 0 Å². The molecule has 176 valence electrons. The second-order valence-electron chi connectivity index (χ2n) is 7.23. The number of nitrogens with one attached hydrogen (secondary N) is 2. The van der Waals surface area contributed by atoms with E-state index < -0.39 is 5.97 Å². The van der Waals surface area contributed by atoms with Gasteiger partial charge in [-0.25, -0.2) is 4.98 Å². The van der Waals surface area contributed by atoms with E-state index in [-0.39, 0.29) is 25.5 Å². The molecule has 0 fully saturated rings. The van der Waals surface area contributed by atoms with Gasteiger partial charge in [-0.15, -0.1) is 11.3 Å². The lowest BCUT2D eigenvalue weighted by molar-refractivity contribution is -0.144. The number of H-pyrrole nitrogens is 1. The molecule has 0 unspecified atom stereocenters. The third-order valence-corrected chi connectivity index (χ3v) is 5.88. The summed E-state index contributed by atoms with van der Waals surface area (Å²) in [6.45, 7) is 2.66. The average molecular weight is 481 g/mol. The van der Waals surface area contributed by atoms with Gasteiger partial charge < -0.3 is 19.5 Å². The molecule has 0 aliphatic rings. The lowest BCUT2D eigenvalue weighted by Crippen LogP contribution is -2.27. The van der Waals surface area contributed by atoms with E-state index in [1.165, 1.54) is 11.3 Å². The highest BCUT2D eigenvalue weighted by atomic mass is 32.1. The first-order valence-electron chi connectivity index (χ1n) is 10.7. The molecule has 2 aromatic heterocycles. The summed E-state index contributed by atoms with van der Waals surface area (Å²) in [5.74, 6) is 0.532. The summed E-state index contributed by atoms with van der Waals surface area (Å²) in [6.07, 6.45) is 0.0428. The summed E-state index contributed by atoms with van der Waals surface area (Å²) in [5.41, 5.74) is 2.60. The van der Waals surface area contributed by atoms with Crippen molar-refractivity contribution in [2.45, 2.75) is 20.0 Å². The zero-order valence-electron chi connectivity index (χ0n) is 18.8. The fourth-order valence-electron chi connectivity index (χ4n) is 3.31. The van der Waals surface area contributed by atoms with Crippen molar-refractivity contribution in [3.05, 3.63) is 59.2 Å². The standard InChI is InChI=1S/C24H24N4O5S/c1-3-32-19-9-8-15(12-20(19)31-2)24-26-16(14-34-24)13-33-21(29)10-11-25-23(30)22-17-6-4-5-7-18(17)27-28-22/h4-9,12,14H,3,10-11,13H2,1-2H3,(H,25,30)(H,27,28). The van der Waals surface area contributed by atoms with E-state index in [0.717, 1.165) is 21.5 Å². The Kier molecular flexibility index (Phi) is 7.38. The molecule has 4 aromatic rings. The fraction of sp³-hybridized carbons (Fsp3) is 0.250. The van der Waals surface area contributed by atoms with Crippen LogP contribution in [0.2, 0.25) is 0 Å². The molecule has 0 bridgehead atoms. The lowest BCUT2D eigenvalue weighted by atomic mass is 10.2. The normalized spacial score (nSPS) is 10.8. The predicted octanol–water partition coefficient (Wildman–Crippen LogP) is 3.96. The van der Waals surface area contributed by atoms with E-state index in [0.29, 0.717) is 29.5 Å². The van der Waals surface area contributed by atoms with Crippen LogP contribution >= 0.6 is 11.3 Å². The molecule has 10 heteroatoms. The van der Waals surface area contributed by atoms with Crippen molar-refractivity contribution < 1.29 is 23.8 Å². The number of carbonyl (C=O) groups is 2. The first-order valence-corrected chi connectivity index (χ1v) is 11.6. The number of ether oxygens (including phenoxy) is 3. The highest BCUT2D eigenvalue weighted by Gasteiger charge is 2.15. The Morgan fingerprint density at radius 3 is 2.82 bits per heavy atom. The van der Waals surface area contributed by atoms with Crippen molar-refractivity contribution >= 4 is 34.1 Å². The van der Waals surface area contributed by atoms with E-state index in [4.69, 9.17) is 14.2 Å². The van der Waals surface area contributed by atoms with Gasteiger partial charge in [-0.05, 0) is 31.2 Å². The Morgan fingerprint density at radius 2 is 2.00 bits per heavy atom. The van der Waals surface area contributed by atoms with Crippen molar-refractivity contribution in [3.63, 3.8) is 0 Å². The van der Waals surface area contributed by atoms with Gasteiger partial charge in [0.05, 0.1) is 31.3 Å². The van der Waals surface area contributed by atoms with Crippen molar-refractivity contribution in [1.82, 2.24) is 20.5 Å². The molecule has 2 heterocycles. The third kappa shape index (κ3) is 5.34. The van der Waals surface area contributed by atoms with Crippen LogP contribution in [0, 0.1) is 0 Å². The van der Waals surface area contributed by atoms with Crippen LogP contribution in [0.4, 0.5) is 0 Å². The molecular formula is C24H24N4O5S. The Hall–Kier alpha value is -3.92. The van der Waals surface area contributed by atoms with Gasteiger partial charge >= 0.3 is 5.97 Å². The van der Waals surface area contributed by atoms with Crippen molar-refractivity contribution in [1.29, 1.82) is 0 Å². The maximum absolute atomic E-state index is 12.4. The van der Waals surface area contributed by atoms with Crippen LogP contribution in [0.15, 0.2) is 47.8 Å². The summed E-state index contributed by atoms with van der Waals surface area (Å²) in [5, 5.41) is 12.9. The van der Waals surface area contributed by atoms with Crippen LogP contribution in [0.1, 0.15) is 29.5 Å². The van der Waals surface area contributed by atoms with Crippen LogP contribution < -0.4 is 14.8 Å². The van der Waals surface area contributed by atoms with E-state index >= 15 is 0 Å². The zero-order chi connectivity index (χ0) is 23.9. The Morgan fingerprint density at radius 1 is 1.15 bits per heavy atom. The van der Waals surface area contributed by atoms with Crippen LogP contribution in [-0.4, -0.2) is 47.3 Å². The smallest absolute Gasteiger partial charge is 0.307 e. The van der Waals surface area contributed by atoms with Gasteiger partial charge in [-0.3, -0.25) is 14.7 Å². The largest absolute Gasteiger partial charge is 0.493 e. The minimum atomic E-state index is -0.426. The number of amides is 1. The Balaban J connectivity index is 1.26. The lowest BCUT2D eigenvalue weighted by Gasteiger charge is -2.09. The minimum absolute atomic E-state index is 0.0428. The van der Waals surface area contributed by atoms with E-state index in [1.807, 2.05) is 54.8 Å². The predicted molar refractivity (Wildman–Crippen MR) is 128 cm³/mol. The summed E-state index contributed by atoms with van der Waals surface area (Å²) >= 11 is 1.45. The average Bonchev–Trinajstić information content (AvgIpc) is 3.50. The van der Waals surface area contributed by atoms with Gasteiger partial charge in [0.2, 0.25) is 0 Å². The maximum Gasteiger partial charge on any atom is 0.307 e. The molecule has 1 amide bonds. The zero-order valence-corrected chi connectivity index (χ0v) is 19.6. The van der Waals surface area contributed by atoms with Crippen molar-refractivity contribution in [3.8, 4) is 22.1 Å². The van der Waals surface area contributed by atoms with Gasteiger partial charge in [-0.1, -0.05) is 18.2 Å². The monoisotopic (exact) mass is 480 g/mol. The molecule has 0 saturated carbocycles. The summed E-state index contributed by atoms with van der Waals surface area (Å²) in [7, 11) is 1.59. The van der Waals surface area contributed by atoms with Gasteiger partial charge in [0.1, 0.15) is 11.6 Å². The molecule has 2 aromatic carbocycles. The number of rotatable bonds is 10. The van der Waals surface area contributed by atoms with Crippen LogP contribution in [0.5, 0.6) is 11.5 Å².